The number of nitro groups is 1. The summed E-state index contributed by atoms with van der Waals surface area (Å²) in [5.41, 5.74) is -3.39. The third-order valence-electron chi connectivity index (χ3n) is 2.04. The summed E-state index contributed by atoms with van der Waals surface area (Å²) in [7, 11) is 0.917. The van der Waals surface area contributed by atoms with Crippen LogP contribution >= 0.6 is 10.7 Å². The molecule has 0 fully saturated rings. The molecule has 19 heavy (non-hydrogen) atoms. The summed E-state index contributed by atoms with van der Waals surface area (Å²) in [6.45, 7) is 0. The molecular formula is C8H5ClF3NO5S. The van der Waals surface area contributed by atoms with Crippen molar-refractivity contribution in [2.75, 3.05) is 7.11 Å². The van der Waals surface area contributed by atoms with E-state index in [0.29, 0.717) is 6.07 Å². The van der Waals surface area contributed by atoms with E-state index in [1.165, 1.54) is 0 Å². The van der Waals surface area contributed by atoms with Crippen molar-refractivity contribution in [2.24, 2.45) is 0 Å². The van der Waals surface area contributed by atoms with Gasteiger partial charge in [0.05, 0.1) is 12.0 Å². The summed E-state index contributed by atoms with van der Waals surface area (Å²) in [6.07, 6.45) is -5.28. The first-order valence-electron chi connectivity index (χ1n) is 4.37. The Hall–Kier alpha value is -1.55. The van der Waals surface area contributed by atoms with Crippen LogP contribution in [0.25, 0.3) is 0 Å². The van der Waals surface area contributed by atoms with Crippen molar-refractivity contribution in [3.05, 3.63) is 27.8 Å². The van der Waals surface area contributed by atoms with Gasteiger partial charge < -0.3 is 4.74 Å². The van der Waals surface area contributed by atoms with Crippen molar-refractivity contribution >= 4 is 25.4 Å². The molecule has 0 aliphatic heterocycles. The maximum absolute atomic E-state index is 12.8. The molecule has 0 spiro atoms. The lowest BCUT2D eigenvalue weighted by atomic mass is 10.1. The Balaban J connectivity index is 3.94. The second-order valence-electron chi connectivity index (χ2n) is 3.18. The van der Waals surface area contributed by atoms with Gasteiger partial charge in [0.15, 0.2) is 5.56 Å². The van der Waals surface area contributed by atoms with E-state index in [9.17, 15) is 31.7 Å². The molecule has 0 atom stereocenters. The average Bonchev–Trinajstić information content (AvgIpc) is 2.24. The molecule has 0 aliphatic rings. The molecule has 0 aromatic heterocycles. The van der Waals surface area contributed by atoms with Gasteiger partial charge in [0.2, 0.25) is 0 Å². The highest BCUT2D eigenvalue weighted by Gasteiger charge is 2.45. The highest BCUT2D eigenvalue weighted by Crippen LogP contribution is 2.45. The molecule has 0 amide bonds. The van der Waals surface area contributed by atoms with E-state index in [4.69, 9.17) is 10.7 Å². The quantitative estimate of drug-likeness (QED) is 0.485. The Morgan fingerprint density at radius 2 is 1.89 bits per heavy atom. The molecule has 1 rings (SSSR count). The van der Waals surface area contributed by atoms with Gasteiger partial charge >= 0.3 is 6.18 Å². The number of ether oxygens (including phenoxy) is 1. The topological polar surface area (TPSA) is 86.5 Å². The van der Waals surface area contributed by atoms with E-state index in [1.807, 2.05) is 0 Å². The molecule has 0 unspecified atom stereocenters. The zero-order valence-electron chi connectivity index (χ0n) is 9.06. The predicted octanol–water partition coefficient (Wildman–Crippen LogP) is 2.55. The Bertz CT molecular complexity index is 628. The Labute approximate surface area is 109 Å². The van der Waals surface area contributed by atoms with E-state index < -0.39 is 42.0 Å². The van der Waals surface area contributed by atoms with Crippen LogP contribution in [-0.2, 0) is 15.2 Å². The van der Waals surface area contributed by atoms with Crippen molar-refractivity contribution in [3.8, 4) is 5.75 Å². The number of hydrogen-bond acceptors (Lipinski definition) is 5. The number of benzene rings is 1. The Kier molecular flexibility index (Phi) is 3.96. The summed E-state index contributed by atoms with van der Waals surface area (Å²) >= 11 is 0. The lowest BCUT2D eigenvalue weighted by molar-refractivity contribution is -0.388. The van der Waals surface area contributed by atoms with Crippen molar-refractivity contribution in [1.82, 2.24) is 0 Å². The van der Waals surface area contributed by atoms with Crippen molar-refractivity contribution < 1.29 is 31.2 Å². The molecular weight excluding hydrogens is 315 g/mol. The summed E-state index contributed by atoms with van der Waals surface area (Å²) in [6, 6.07) is 1.22. The van der Waals surface area contributed by atoms with E-state index >= 15 is 0 Å². The molecule has 0 N–H and O–H groups in total. The molecule has 106 valence electrons. The van der Waals surface area contributed by atoms with Crippen LogP contribution in [0, 0.1) is 10.1 Å². The number of nitrogens with zero attached hydrogens (tertiary/aromatic N) is 1. The van der Waals surface area contributed by atoms with Crippen LogP contribution in [0.4, 0.5) is 18.9 Å². The SMILES string of the molecule is COc1ccc([N+](=O)[O-])c(C(F)(F)F)c1S(=O)(=O)Cl. The maximum Gasteiger partial charge on any atom is 0.424 e. The summed E-state index contributed by atoms with van der Waals surface area (Å²) in [5.74, 6) is -0.729. The zero-order valence-corrected chi connectivity index (χ0v) is 10.6. The van der Waals surface area contributed by atoms with Crippen LogP contribution in [-0.4, -0.2) is 20.5 Å². The summed E-state index contributed by atoms with van der Waals surface area (Å²) in [4.78, 5) is 7.75. The molecule has 0 saturated heterocycles. The first kappa shape index (κ1) is 15.5. The van der Waals surface area contributed by atoms with E-state index in [-0.39, 0.29) is 0 Å². The van der Waals surface area contributed by atoms with Gasteiger partial charge in [-0.3, -0.25) is 10.1 Å². The van der Waals surface area contributed by atoms with Crippen LogP contribution in [0.3, 0.4) is 0 Å². The lowest BCUT2D eigenvalue weighted by Crippen LogP contribution is -2.15. The molecule has 0 bridgehead atoms. The van der Waals surface area contributed by atoms with Gasteiger partial charge in [0.25, 0.3) is 14.7 Å². The van der Waals surface area contributed by atoms with Gasteiger partial charge in [-0.1, -0.05) is 0 Å². The first-order chi connectivity index (χ1) is 8.50. The monoisotopic (exact) mass is 319 g/mol. The fourth-order valence-corrected chi connectivity index (χ4v) is 2.70. The molecule has 1 aromatic carbocycles. The minimum absolute atomic E-state index is 0.493. The number of methoxy groups -OCH3 is 1. The lowest BCUT2D eigenvalue weighted by Gasteiger charge is -2.13. The minimum Gasteiger partial charge on any atom is -0.495 e. The number of hydrogen-bond donors (Lipinski definition) is 0. The van der Waals surface area contributed by atoms with Crippen LogP contribution in [0.2, 0.25) is 0 Å². The third-order valence-corrected chi connectivity index (χ3v) is 3.40. The smallest absolute Gasteiger partial charge is 0.424 e. The van der Waals surface area contributed by atoms with Crippen molar-refractivity contribution in [2.45, 2.75) is 11.1 Å². The van der Waals surface area contributed by atoms with Gasteiger partial charge in [0, 0.05) is 16.7 Å². The van der Waals surface area contributed by atoms with Gasteiger partial charge in [-0.25, -0.2) is 8.42 Å². The molecule has 0 aliphatic carbocycles. The van der Waals surface area contributed by atoms with Crippen molar-refractivity contribution in [1.29, 1.82) is 0 Å². The second-order valence-corrected chi connectivity index (χ2v) is 5.69. The highest BCUT2D eigenvalue weighted by atomic mass is 35.7. The Morgan fingerprint density at radius 1 is 1.37 bits per heavy atom. The van der Waals surface area contributed by atoms with Crippen LogP contribution < -0.4 is 4.74 Å². The number of halogens is 4. The second kappa shape index (κ2) is 4.85. The molecule has 0 heterocycles. The molecule has 0 saturated carbocycles. The van der Waals surface area contributed by atoms with E-state index in [2.05, 4.69) is 4.74 Å². The number of rotatable bonds is 3. The van der Waals surface area contributed by atoms with Crippen LogP contribution in [0.5, 0.6) is 5.75 Å². The third kappa shape index (κ3) is 3.07. The summed E-state index contributed by atoms with van der Waals surface area (Å²) in [5, 5.41) is 10.6. The highest BCUT2D eigenvalue weighted by molar-refractivity contribution is 8.13. The first-order valence-corrected chi connectivity index (χ1v) is 6.68. The maximum atomic E-state index is 12.8. The van der Waals surface area contributed by atoms with E-state index in [1.54, 1.807) is 0 Å². The van der Waals surface area contributed by atoms with Crippen molar-refractivity contribution in [3.63, 3.8) is 0 Å². The zero-order chi connectivity index (χ0) is 15.0. The average molecular weight is 320 g/mol. The standard InChI is InChI=1S/C8H5ClF3NO5S/c1-18-5-3-2-4(13(14)15)6(8(10,11)12)7(5)19(9,16)17/h2-3H,1H3. The van der Waals surface area contributed by atoms with E-state index in [0.717, 1.165) is 13.2 Å². The van der Waals surface area contributed by atoms with Gasteiger partial charge in [0.1, 0.15) is 10.6 Å². The largest absolute Gasteiger partial charge is 0.495 e. The van der Waals surface area contributed by atoms with Gasteiger partial charge in [-0.2, -0.15) is 13.2 Å². The minimum atomic E-state index is -5.28. The fourth-order valence-electron chi connectivity index (χ4n) is 1.38. The fraction of sp³-hybridized carbons (Fsp3) is 0.250. The molecule has 11 heteroatoms. The Morgan fingerprint density at radius 3 is 2.21 bits per heavy atom. The van der Waals surface area contributed by atoms with Crippen LogP contribution in [0.1, 0.15) is 5.56 Å². The predicted molar refractivity (Wildman–Crippen MR) is 57.7 cm³/mol. The molecule has 6 nitrogen and oxygen atoms in total. The molecule has 0 radical (unpaired) electrons. The number of alkyl halides is 3. The summed E-state index contributed by atoms with van der Waals surface area (Å²) < 4.78 is 65.4. The van der Waals surface area contributed by atoms with Gasteiger partial charge in [-0.05, 0) is 6.07 Å². The number of nitro benzene ring substituents is 1. The molecule has 1 aromatic rings. The normalized spacial score (nSPS) is 12.3. The van der Waals surface area contributed by atoms with Gasteiger partial charge in [-0.15, -0.1) is 0 Å². The van der Waals surface area contributed by atoms with Crippen LogP contribution in [0.15, 0.2) is 17.0 Å².